The number of amides is 3. The van der Waals surface area contributed by atoms with Crippen LogP contribution in [0.2, 0.25) is 0 Å². The Morgan fingerprint density at radius 3 is 2.29 bits per heavy atom. The number of carboxylic acid groups (broad SMARTS) is 1. The van der Waals surface area contributed by atoms with Crippen LogP contribution in [-0.4, -0.2) is 58.0 Å². The Labute approximate surface area is 190 Å². The molecule has 34 heavy (non-hydrogen) atoms. The average Bonchev–Trinajstić information content (AvgIpc) is 2.74. The minimum absolute atomic E-state index is 0.0105. The van der Waals surface area contributed by atoms with Gasteiger partial charge in [0, 0.05) is 6.54 Å². The van der Waals surface area contributed by atoms with Gasteiger partial charge in [0.1, 0.15) is 12.4 Å². The topological polar surface area (TPSA) is 105 Å². The van der Waals surface area contributed by atoms with Crippen molar-refractivity contribution in [3.63, 3.8) is 0 Å². The fourth-order valence-corrected chi connectivity index (χ4v) is 4.14. The lowest BCUT2D eigenvalue weighted by atomic mass is 9.83. The molecule has 8 nitrogen and oxygen atoms in total. The number of nitriles is 1. The molecule has 2 fully saturated rings. The molecule has 2 aromatic rings. The number of likely N-dealkylation sites (tertiary alicyclic amines) is 1. The lowest BCUT2D eigenvalue weighted by Gasteiger charge is -2.57. The molecule has 1 spiro atoms. The highest BCUT2D eigenvalue weighted by molar-refractivity contribution is 6.10. The zero-order valence-corrected chi connectivity index (χ0v) is 17.3. The Morgan fingerprint density at radius 1 is 1.12 bits per heavy atom. The monoisotopic (exact) mass is 476 g/mol. The van der Waals surface area contributed by atoms with Gasteiger partial charge in [-0.05, 0) is 35.9 Å². The van der Waals surface area contributed by atoms with E-state index >= 15 is 0 Å². The summed E-state index contributed by atoms with van der Waals surface area (Å²) in [6.07, 6.45) is -5.86. The second kappa shape index (κ2) is 8.02. The van der Waals surface area contributed by atoms with Crippen molar-refractivity contribution >= 4 is 23.6 Å². The highest BCUT2D eigenvalue weighted by Crippen LogP contribution is 2.38. The van der Waals surface area contributed by atoms with E-state index in [1.807, 2.05) is 0 Å². The van der Waals surface area contributed by atoms with Crippen LogP contribution < -0.4 is 4.90 Å². The van der Waals surface area contributed by atoms with Gasteiger partial charge in [-0.25, -0.2) is 9.18 Å². The van der Waals surface area contributed by atoms with E-state index < -0.39 is 47.5 Å². The van der Waals surface area contributed by atoms with E-state index in [-0.39, 0.29) is 30.9 Å². The van der Waals surface area contributed by atoms with Gasteiger partial charge in [0.25, 0.3) is 5.91 Å². The molecule has 4 rings (SSSR count). The number of nitrogens with zero attached hydrogens (tertiary/aromatic N) is 4. The first-order valence-electron chi connectivity index (χ1n) is 9.92. The van der Waals surface area contributed by atoms with E-state index in [9.17, 15) is 37.1 Å². The van der Waals surface area contributed by atoms with E-state index in [1.165, 1.54) is 24.3 Å². The molecule has 2 aliphatic heterocycles. The minimum Gasteiger partial charge on any atom is -0.465 e. The van der Waals surface area contributed by atoms with Crippen molar-refractivity contribution in [3.8, 4) is 6.07 Å². The minimum atomic E-state index is -4.54. The standard InChI is InChI=1S/C22H16F4N4O4/c23-16-7-14(8-27)3-6-17(16)29-10-18(31)30(21(19(29)32)11-28(12-21)20(33)34)9-13-1-4-15(5-2-13)22(24,25)26/h1-7H,9-12H2,(H,33,34). The van der Waals surface area contributed by atoms with Crippen LogP contribution in [0.3, 0.4) is 0 Å². The second-order valence-corrected chi connectivity index (χ2v) is 8.01. The van der Waals surface area contributed by atoms with Gasteiger partial charge in [-0.3, -0.25) is 14.5 Å². The number of benzene rings is 2. The van der Waals surface area contributed by atoms with Crippen LogP contribution in [-0.2, 0) is 22.3 Å². The van der Waals surface area contributed by atoms with Crippen molar-refractivity contribution in [1.29, 1.82) is 5.26 Å². The molecule has 2 aliphatic rings. The molecule has 2 aromatic carbocycles. The molecule has 0 radical (unpaired) electrons. The summed E-state index contributed by atoms with van der Waals surface area (Å²) in [7, 11) is 0. The molecular weight excluding hydrogens is 460 g/mol. The summed E-state index contributed by atoms with van der Waals surface area (Å²) in [6, 6.07) is 9.19. The Hall–Kier alpha value is -4.14. The summed E-state index contributed by atoms with van der Waals surface area (Å²) in [4.78, 5) is 40.9. The normalized spacial score (nSPS) is 17.6. The second-order valence-electron chi connectivity index (χ2n) is 8.01. The van der Waals surface area contributed by atoms with Crippen LogP contribution in [0.25, 0.3) is 0 Å². The van der Waals surface area contributed by atoms with Crippen molar-refractivity contribution < 1.29 is 37.1 Å². The van der Waals surface area contributed by atoms with Crippen LogP contribution in [0.5, 0.6) is 0 Å². The largest absolute Gasteiger partial charge is 0.465 e. The van der Waals surface area contributed by atoms with Crippen molar-refractivity contribution in [1.82, 2.24) is 9.80 Å². The van der Waals surface area contributed by atoms with Gasteiger partial charge >= 0.3 is 12.3 Å². The molecule has 2 heterocycles. The number of anilines is 1. The molecule has 176 valence electrons. The van der Waals surface area contributed by atoms with Crippen LogP contribution in [0, 0.1) is 17.1 Å². The molecule has 1 N–H and O–H groups in total. The smallest absolute Gasteiger partial charge is 0.416 e. The van der Waals surface area contributed by atoms with Gasteiger partial charge in [0.05, 0.1) is 36.0 Å². The summed E-state index contributed by atoms with van der Waals surface area (Å²) in [5.41, 5.74) is -2.44. The van der Waals surface area contributed by atoms with Crippen molar-refractivity contribution in [3.05, 3.63) is 65.0 Å². The van der Waals surface area contributed by atoms with E-state index in [2.05, 4.69) is 0 Å². The highest BCUT2D eigenvalue weighted by Gasteiger charge is 2.61. The fourth-order valence-electron chi connectivity index (χ4n) is 4.14. The molecule has 0 aliphatic carbocycles. The zero-order chi connectivity index (χ0) is 24.8. The van der Waals surface area contributed by atoms with Gasteiger partial charge in [-0.15, -0.1) is 0 Å². The van der Waals surface area contributed by atoms with Gasteiger partial charge in [0.2, 0.25) is 5.91 Å². The number of alkyl halides is 3. The fraction of sp³-hybridized carbons (Fsp3) is 0.273. The third-order valence-corrected chi connectivity index (χ3v) is 5.92. The summed E-state index contributed by atoms with van der Waals surface area (Å²) < 4.78 is 53.2. The number of halogens is 4. The number of piperazine rings is 1. The van der Waals surface area contributed by atoms with Crippen molar-refractivity contribution in [2.24, 2.45) is 0 Å². The molecule has 3 amide bonds. The third-order valence-electron chi connectivity index (χ3n) is 5.92. The van der Waals surface area contributed by atoms with Crippen molar-refractivity contribution in [2.75, 3.05) is 24.5 Å². The van der Waals surface area contributed by atoms with E-state index in [4.69, 9.17) is 5.26 Å². The number of carbonyl (C=O) groups is 3. The first-order valence-corrected chi connectivity index (χ1v) is 9.92. The Bertz CT molecular complexity index is 1220. The lowest BCUT2D eigenvalue weighted by molar-refractivity contribution is -0.162. The predicted octanol–water partition coefficient (Wildman–Crippen LogP) is 2.82. The number of rotatable bonds is 3. The molecule has 0 atom stereocenters. The van der Waals surface area contributed by atoms with Crippen LogP contribution in [0.1, 0.15) is 16.7 Å². The molecular formula is C22H16F4N4O4. The van der Waals surface area contributed by atoms with Crippen LogP contribution >= 0.6 is 0 Å². The lowest BCUT2D eigenvalue weighted by Crippen LogP contribution is -2.81. The van der Waals surface area contributed by atoms with Gasteiger partial charge in [0.15, 0.2) is 5.54 Å². The highest BCUT2D eigenvalue weighted by atomic mass is 19.4. The van der Waals surface area contributed by atoms with E-state index in [0.717, 1.165) is 32.9 Å². The van der Waals surface area contributed by atoms with E-state index in [1.54, 1.807) is 6.07 Å². The number of hydrogen-bond donors (Lipinski definition) is 1. The predicted molar refractivity (Wildman–Crippen MR) is 108 cm³/mol. The maximum atomic E-state index is 14.6. The molecule has 0 bridgehead atoms. The molecule has 0 saturated carbocycles. The van der Waals surface area contributed by atoms with Crippen molar-refractivity contribution in [2.45, 2.75) is 18.3 Å². The average molecular weight is 476 g/mol. The number of hydrogen-bond acceptors (Lipinski definition) is 4. The molecule has 0 aromatic heterocycles. The Kier molecular flexibility index (Phi) is 5.43. The summed E-state index contributed by atoms with van der Waals surface area (Å²) in [6.45, 7) is -1.54. The van der Waals surface area contributed by atoms with E-state index in [0.29, 0.717) is 5.56 Å². The van der Waals surface area contributed by atoms with Gasteiger partial charge in [-0.2, -0.15) is 18.4 Å². The van der Waals surface area contributed by atoms with Crippen LogP contribution in [0.15, 0.2) is 42.5 Å². The first-order chi connectivity index (χ1) is 16.0. The SMILES string of the molecule is N#Cc1ccc(N2CC(=O)N(Cc3ccc(C(F)(F)F)cc3)C3(CN(C(=O)O)C3)C2=O)c(F)c1. The number of carbonyl (C=O) groups excluding carboxylic acids is 2. The summed E-state index contributed by atoms with van der Waals surface area (Å²) in [5, 5.41) is 18.2. The third kappa shape index (κ3) is 3.79. The summed E-state index contributed by atoms with van der Waals surface area (Å²) in [5.74, 6) is -2.26. The maximum absolute atomic E-state index is 14.6. The van der Waals surface area contributed by atoms with Gasteiger partial charge < -0.3 is 14.9 Å². The quantitative estimate of drug-likeness (QED) is 0.686. The first kappa shape index (κ1) is 23.0. The zero-order valence-electron chi connectivity index (χ0n) is 17.3. The van der Waals surface area contributed by atoms with Crippen LogP contribution in [0.4, 0.5) is 28.0 Å². The Morgan fingerprint density at radius 2 is 1.76 bits per heavy atom. The summed E-state index contributed by atoms with van der Waals surface area (Å²) >= 11 is 0. The van der Waals surface area contributed by atoms with Gasteiger partial charge in [-0.1, -0.05) is 12.1 Å². The Balaban J connectivity index is 1.67. The maximum Gasteiger partial charge on any atom is 0.416 e. The molecule has 0 unspecified atom stereocenters. The molecule has 12 heteroatoms. The molecule has 2 saturated heterocycles.